The maximum atomic E-state index is 12.8. The van der Waals surface area contributed by atoms with Crippen molar-refractivity contribution in [3.05, 3.63) is 56.2 Å². The van der Waals surface area contributed by atoms with Crippen LogP contribution in [-0.4, -0.2) is 54.9 Å². The van der Waals surface area contributed by atoms with Crippen molar-refractivity contribution in [2.75, 3.05) is 20.1 Å². The molecule has 3 heterocycles. The predicted octanol–water partition coefficient (Wildman–Crippen LogP) is 0.290. The topological polar surface area (TPSA) is 141 Å². The second-order valence-corrected chi connectivity index (χ2v) is 10.2. The average molecular weight is 463 g/mol. The standard InChI is InChI=1S/C21H26N4O6S/c1-22-32(29,30)15-6-3-14(4-7-15)5-8-17(26)25-11-2-9-21(10-12-25)13-16-18(27)23-20(28)24-19(16)31-21/h3-4,6-7,22H,2,5,8-13H2,1H3,(H2,23,24,27,28)/t21-/m0/s1. The maximum Gasteiger partial charge on any atom is 0.328 e. The lowest BCUT2D eigenvalue weighted by molar-refractivity contribution is -0.131. The SMILES string of the molecule is CNS(=O)(=O)c1ccc(CCC(=O)N2CCC[C@]3(CC2)Cc2c([nH]c(=O)[nH]c2=O)O3)cc1. The molecule has 0 radical (unpaired) electrons. The van der Waals surface area contributed by atoms with Gasteiger partial charge in [-0.15, -0.1) is 0 Å². The van der Waals surface area contributed by atoms with Crippen molar-refractivity contribution in [2.45, 2.75) is 49.0 Å². The average Bonchev–Trinajstić information content (AvgIpc) is 3.00. The third kappa shape index (κ3) is 4.49. The Bertz CT molecular complexity index is 1230. The molecule has 1 spiro atoms. The van der Waals surface area contributed by atoms with E-state index in [0.717, 1.165) is 12.0 Å². The summed E-state index contributed by atoms with van der Waals surface area (Å²) in [5.74, 6) is 0.262. The number of nitrogens with one attached hydrogen (secondary N) is 3. The van der Waals surface area contributed by atoms with Crippen LogP contribution in [-0.2, 0) is 27.7 Å². The fourth-order valence-corrected chi connectivity index (χ4v) is 5.10. The molecule has 1 atom stereocenters. The molecule has 1 aromatic heterocycles. The van der Waals surface area contributed by atoms with E-state index in [2.05, 4.69) is 14.7 Å². The summed E-state index contributed by atoms with van der Waals surface area (Å²) < 4.78 is 31.9. The molecule has 32 heavy (non-hydrogen) atoms. The third-order valence-electron chi connectivity index (χ3n) is 6.20. The highest BCUT2D eigenvalue weighted by Crippen LogP contribution is 2.37. The van der Waals surface area contributed by atoms with E-state index in [1.807, 2.05) is 4.90 Å². The number of likely N-dealkylation sites (tertiary alicyclic amines) is 1. The Morgan fingerprint density at radius 1 is 1.16 bits per heavy atom. The second-order valence-electron chi connectivity index (χ2n) is 8.26. The first kappa shape index (κ1) is 22.3. The number of aromatic amines is 2. The Balaban J connectivity index is 1.35. The highest BCUT2D eigenvalue weighted by molar-refractivity contribution is 7.89. The summed E-state index contributed by atoms with van der Waals surface area (Å²) in [6, 6.07) is 6.50. The van der Waals surface area contributed by atoms with E-state index in [0.29, 0.717) is 50.8 Å². The Labute approximate surface area is 185 Å². The van der Waals surface area contributed by atoms with Crippen molar-refractivity contribution in [3.63, 3.8) is 0 Å². The number of nitrogens with zero attached hydrogens (tertiary/aromatic N) is 1. The predicted molar refractivity (Wildman–Crippen MR) is 116 cm³/mol. The van der Waals surface area contributed by atoms with Crippen LogP contribution in [0.2, 0.25) is 0 Å². The molecule has 1 amide bonds. The minimum Gasteiger partial charge on any atom is -0.471 e. The van der Waals surface area contributed by atoms with Gasteiger partial charge in [-0.05, 0) is 44.0 Å². The van der Waals surface area contributed by atoms with Crippen molar-refractivity contribution in [2.24, 2.45) is 0 Å². The van der Waals surface area contributed by atoms with Gasteiger partial charge in [0.25, 0.3) is 5.56 Å². The van der Waals surface area contributed by atoms with E-state index in [9.17, 15) is 22.8 Å². The number of amides is 1. The van der Waals surface area contributed by atoms with Crippen LogP contribution >= 0.6 is 0 Å². The lowest BCUT2D eigenvalue weighted by Gasteiger charge is -2.27. The van der Waals surface area contributed by atoms with Crippen molar-refractivity contribution in [3.8, 4) is 5.88 Å². The van der Waals surface area contributed by atoms with Crippen LogP contribution in [0.15, 0.2) is 38.8 Å². The Hall–Kier alpha value is -2.92. The van der Waals surface area contributed by atoms with Gasteiger partial charge in [0, 0.05) is 32.4 Å². The van der Waals surface area contributed by atoms with Gasteiger partial charge < -0.3 is 9.64 Å². The van der Waals surface area contributed by atoms with Gasteiger partial charge in [0.15, 0.2) is 0 Å². The first-order chi connectivity index (χ1) is 15.2. The molecule has 10 nitrogen and oxygen atoms in total. The van der Waals surface area contributed by atoms with E-state index >= 15 is 0 Å². The number of sulfonamides is 1. The van der Waals surface area contributed by atoms with Crippen LogP contribution in [0.4, 0.5) is 0 Å². The summed E-state index contributed by atoms with van der Waals surface area (Å²) in [6.07, 6.45) is 3.24. The maximum absolute atomic E-state index is 12.8. The first-order valence-electron chi connectivity index (χ1n) is 10.6. The molecule has 0 unspecified atom stereocenters. The minimum absolute atomic E-state index is 0.0238. The molecule has 1 fully saturated rings. The van der Waals surface area contributed by atoms with Crippen LogP contribution in [0.5, 0.6) is 5.88 Å². The van der Waals surface area contributed by atoms with Crippen LogP contribution < -0.4 is 20.7 Å². The summed E-state index contributed by atoms with van der Waals surface area (Å²) in [7, 11) is -2.12. The smallest absolute Gasteiger partial charge is 0.328 e. The van der Waals surface area contributed by atoms with Gasteiger partial charge in [-0.2, -0.15) is 0 Å². The molecule has 0 aliphatic carbocycles. The van der Waals surface area contributed by atoms with Crippen molar-refractivity contribution < 1.29 is 17.9 Å². The zero-order chi connectivity index (χ0) is 22.9. The van der Waals surface area contributed by atoms with Gasteiger partial charge in [0.05, 0.1) is 10.5 Å². The van der Waals surface area contributed by atoms with Crippen LogP contribution in [0, 0.1) is 0 Å². The Kier molecular flexibility index (Phi) is 5.95. The molecule has 2 aliphatic rings. The molecular weight excluding hydrogens is 436 g/mol. The fraction of sp³-hybridized carbons (Fsp3) is 0.476. The number of ether oxygens (including phenoxy) is 1. The van der Waals surface area contributed by atoms with Gasteiger partial charge >= 0.3 is 5.69 Å². The van der Waals surface area contributed by atoms with Gasteiger partial charge in [0.2, 0.25) is 21.8 Å². The number of carbonyl (C=O) groups is 1. The molecule has 2 aliphatic heterocycles. The summed E-state index contributed by atoms with van der Waals surface area (Å²) >= 11 is 0. The molecule has 0 bridgehead atoms. The van der Waals surface area contributed by atoms with Crippen LogP contribution in [0.25, 0.3) is 0 Å². The molecule has 0 saturated carbocycles. The largest absolute Gasteiger partial charge is 0.471 e. The molecule has 11 heteroatoms. The lowest BCUT2D eigenvalue weighted by Crippen LogP contribution is -2.37. The number of carbonyl (C=O) groups excluding carboxylic acids is 1. The lowest BCUT2D eigenvalue weighted by atomic mass is 9.90. The number of hydrogen-bond acceptors (Lipinski definition) is 6. The highest BCUT2D eigenvalue weighted by atomic mass is 32.2. The molecule has 1 aromatic carbocycles. The van der Waals surface area contributed by atoms with E-state index in [4.69, 9.17) is 4.74 Å². The van der Waals surface area contributed by atoms with E-state index in [-0.39, 0.29) is 16.7 Å². The summed E-state index contributed by atoms with van der Waals surface area (Å²) in [4.78, 5) is 43.2. The fourth-order valence-electron chi connectivity index (χ4n) is 4.37. The zero-order valence-corrected chi connectivity index (χ0v) is 18.6. The quantitative estimate of drug-likeness (QED) is 0.583. The number of H-pyrrole nitrogens is 2. The van der Waals surface area contributed by atoms with E-state index < -0.39 is 26.9 Å². The van der Waals surface area contributed by atoms with Gasteiger partial charge in [-0.3, -0.25) is 19.6 Å². The normalized spacial score (nSPS) is 20.6. The number of benzene rings is 1. The number of rotatable bonds is 5. The number of aryl methyl sites for hydroxylation is 1. The Morgan fingerprint density at radius 2 is 1.91 bits per heavy atom. The van der Waals surface area contributed by atoms with Crippen LogP contribution in [0.1, 0.15) is 36.8 Å². The molecule has 2 aromatic rings. The number of fused-ring (bicyclic) bond motifs is 1. The van der Waals surface area contributed by atoms with Crippen molar-refractivity contribution in [1.29, 1.82) is 0 Å². The highest BCUT2D eigenvalue weighted by Gasteiger charge is 2.43. The molecule has 4 rings (SSSR count). The van der Waals surface area contributed by atoms with Gasteiger partial charge in [-0.1, -0.05) is 12.1 Å². The molecule has 3 N–H and O–H groups in total. The summed E-state index contributed by atoms with van der Waals surface area (Å²) in [5, 5.41) is 0. The molecule has 1 saturated heterocycles. The Morgan fingerprint density at radius 3 is 2.62 bits per heavy atom. The summed E-state index contributed by atoms with van der Waals surface area (Å²) in [5.41, 5.74) is -0.256. The second kappa shape index (κ2) is 8.55. The third-order valence-corrected chi connectivity index (χ3v) is 7.63. The van der Waals surface area contributed by atoms with Crippen LogP contribution in [0.3, 0.4) is 0 Å². The number of aromatic nitrogens is 2. The van der Waals surface area contributed by atoms with Gasteiger partial charge in [-0.25, -0.2) is 17.9 Å². The first-order valence-corrected chi connectivity index (χ1v) is 12.0. The van der Waals surface area contributed by atoms with Crippen molar-refractivity contribution in [1.82, 2.24) is 19.6 Å². The zero-order valence-electron chi connectivity index (χ0n) is 17.8. The summed E-state index contributed by atoms with van der Waals surface area (Å²) in [6.45, 7) is 1.11. The van der Waals surface area contributed by atoms with Gasteiger partial charge in [0.1, 0.15) is 5.60 Å². The van der Waals surface area contributed by atoms with Crippen molar-refractivity contribution >= 4 is 15.9 Å². The monoisotopic (exact) mass is 462 g/mol. The van der Waals surface area contributed by atoms with E-state index in [1.54, 1.807) is 12.1 Å². The molecular formula is C21H26N4O6S. The minimum atomic E-state index is -3.48. The van der Waals surface area contributed by atoms with E-state index in [1.165, 1.54) is 19.2 Å². The molecule has 172 valence electrons. The number of hydrogen-bond donors (Lipinski definition) is 3.